The quantitative estimate of drug-likeness (QED) is 0.553. The summed E-state index contributed by atoms with van der Waals surface area (Å²) in [6, 6.07) is 6.03. The molecule has 102 valence electrons. The predicted octanol–water partition coefficient (Wildman–Crippen LogP) is 3.06. The van der Waals surface area contributed by atoms with Gasteiger partial charge in [0, 0.05) is 23.6 Å². The molecule has 0 aliphatic heterocycles. The third-order valence-corrected chi connectivity index (χ3v) is 3.46. The van der Waals surface area contributed by atoms with Crippen molar-refractivity contribution in [3.8, 4) is 5.75 Å². The monoisotopic (exact) mass is 269 g/mol. The van der Waals surface area contributed by atoms with Gasteiger partial charge in [0.25, 0.3) is 0 Å². The Balaban J connectivity index is 2.41. The van der Waals surface area contributed by atoms with Gasteiger partial charge in [-0.25, -0.2) is 0 Å². The van der Waals surface area contributed by atoms with E-state index in [0.29, 0.717) is 19.8 Å². The summed E-state index contributed by atoms with van der Waals surface area (Å²) in [6.45, 7) is 4.68. The molecule has 0 atom stereocenters. The SMILES string of the molecule is CCCCOCCOc1cccc(SC)c1CN. The first-order chi connectivity index (χ1) is 8.83. The second-order valence-corrected chi connectivity index (χ2v) is 4.80. The van der Waals surface area contributed by atoms with Crippen LogP contribution in [0.2, 0.25) is 0 Å². The number of nitrogens with two attached hydrogens (primary N) is 1. The second-order valence-electron chi connectivity index (χ2n) is 3.96. The number of thioether (sulfide) groups is 1. The molecule has 0 heterocycles. The lowest BCUT2D eigenvalue weighted by Gasteiger charge is -2.13. The molecular formula is C14H23NO2S. The first kappa shape index (κ1) is 15.3. The molecule has 0 aliphatic rings. The zero-order valence-corrected chi connectivity index (χ0v) is 12.1. The summed E-state index contributed by atoms with van der Waals surface area (Å²) in [6.07, 6.45) is 4.32. The highest BCUT2D eigenvalue weighted by Gasteiger charge is 2.06. The summed E-state index contributed by atoms with van der Waals surface area (Å²) < 4.78 is 11.2. The van der Waals surface area contributed by atoms with Gasteiger partial charge in [-0.15, -0.1) is 11.8 Å². The summed E-state index contributed by atoms with van der Waals surface area (Å²) in [7, 11) is 0. The summed E-state index contributed by atoms with van der Waals surface area (Å²) >= 11 is 1.69. The largest absolute Gasteiger partial charge is 0.491 e. The molecule has 1 aromatic carbocycles. The van der Waals surface area contributed by atoms with Crippen LogP contribution in [0.3, 0.4) is 0 Å². The standard InChI is InChI=1S/C14H23NO2S/c1-3-4-8-16-9-10-17-13-6-5-7-14(18-2)12(13)11-15/h5-7H,3-4,8-11,15H2,1-2H3. The zero-order valence-electron chi connectivity index (χ0n) is 11.3. The van der Waals surface area contributed by atoms with Crippen molar-refractivity contribution < 1.29 is 9.47 Å². The van der Waals surface area contributed by atoms with Crippen molar-refractivity contribution >= 4 is 11.8 Å². The Labute approximate surface area is 114 Å². The van der Waals surface area contributed by atoms with Crippen LogP contribution < -0.4 is 10.5 Å². The van der Waals surface area contributed by atoms with E-state index in [1.807, 2.05) is 18.4 Å². The van der Waals surface area contributed by atoms with Crippen LogP contribution in [-0.4, -0.2) is 26.1 Å². The maximum atomic E-state index is 5.77. The number of ether oxygens (including phenoxy) is 2. The summed E-state index contributed by atoms with van der Waals surface area (Å²) in [5, 5.41) is 0. The number of unbranched alkanes of at least 4 members (excludes halogenated alkanes) is 1. The highest BCUT2D eigenvalue weighted by Crippen LogP contribution is 2.28. The molecule has 0 saturated heterocycles. The molecular weight excluding hydrogens is 246 g/mol. The van der Waals surface area contributed by atoms with Crippen LogP contribution in [0.15, 0.2) is 23.1 Å². The van der Waals surface area contributed by atoms with E-state index in [9.17, 15) is 0 Å². The lowest BCUT2D eigenvalue weighted by Crippen LogP contribution is -2.10. The van der Waals surface area contributed by atoms with Crippen molar-refractivity contribution in [2.45, 2.75) is 31.2 Å². The van der Waals surface area contributed by atoms with E-state index in [-0.39, 0.29) is 0 Å². The summed E-state index contributed by atoms with van der Waals surface area (Å²) in [4.78, 5) is 1.18. The third-order valence-electron chi connectivity index (χ3n) is 2.64. The lowest BCUT2D eigenvalue weighted by molar-refractivity contribution is 0.0976. The average molecular weight is 269 g/mol. The molecule has 0 radical (unpaired) electrons. The van der Waals surface area contributed by atoms with E-state index in [1.54, 1.807) is 11.8 Å². The number of hydrogen-bond donors (Lipinski definition) is 1. The average Bonchev–Trinajstić information content (AvgIpc) is 2.42. The zero-order chi connectivity index (χ0) is 13.2. The summed E-state index contributed by atoms with van der Waals surface area (Å²) in [5.41, 5.74) is 6.85. The molecule has 0 spiro atoms. The third kappa shape index (κ3) is 4.88. The Bertz CT molecular complexity index is 345. The topological polar surface area (TPSA) is 44.5 Å². The minimum absolute atomic E-state index is 0.503. The first-order valence-electron chi connectivity index (χ1n) is 6.40. The Morgan fingerprint density at radius 2 is 2.06 bits per heavy atom. The van der Waals surface area contributed by atoms with Crippen molar-refractivity contribution in [2.75, 3.05) is 26.1 Å². The van der Waals surface area contributed by atoms with Gasteiger partial charge < -0.3 is 15.2 Å². The molecule has 4 heteroatoms. The molecule has 0 saturated carbocycles. The fourth-order valence-corrected chi connectivity index (χ4v) is 2.28. The van der Waals surface area contributed by atoms with Gasteiger partial charge in [0.15, 0.2) is 0 Å². The smallest absolute Gasteiger partial charge is 0.125 e. The minimum atomic E-state index is 0.503. The molecule has 0 amide bonds. The van der Waals surface area contributed by atoms with Gasteiger partial charge in [-0.05, 0) is 24.8 Å². The molecule has 0 fully saturated rings. The molecule has 0 aliphatic carbocycles. The van der Waals surface area contributed by atoms with Gasteiger partial charge in [0.05, 0.1) is 6.61 Å². The van der Waals surface area contributed by atoms with Crippen LogP contribution in [0.5, 0.6) is 5.75 Å². The van der Waals surface area contributed by atoms with E-state index in [1.165, 1.54) is 4.90 Å². The molecule has 18 heavy (non-hydrogen) atoms. The van der Waals surface area contributed by atoms with Crippen molar-refractivity contribution in [3.05, 3.63) is 23.8 Å². The van der Waals surface area contributed by atoms with Crippen LogP contribution in [0.25, 0.3) is 0 Å². The highest BCUT2D eigenvalue weighted by molar-refractivity contribution is 7.98. The molecule has 0 aromatic heterocycles. The Morgan fingerprint density at radius 3 is 2.72 bits per heavy atom. The summed E-state index contributed by atoms with van der Waals surface area (Å²) in [5.74, 6) is 0.878. The maximum Gasteiger partial charge on any atom is 0.125 e. The minimum Gasteiger partial charge on any atom is -0.491 e. The van der Waals surface area contributed by atoms with Crippen LogP contribution >= 0.6 is 11.8 Å². The molecule has 0 unspecified atom stereocenters. The van der Waals surface area contributed by atoms with Gasteiger partial charge >= 0.3 is 0 Å². The van der Waals surface area contributed by atoms with Gasteiger partial charge in [0.1, 0.15) is 12.4 Å². The Morgan fingerprint density at radius 1 is 1.22 bits per heavy atom. The van der Waals surface area contributed by atoms with Gasteiger partial charge in [0.2, 0.25) is 0 Å². The van der Waals surface area contributed by atoms with E-state index >= 15 is 0 Å². The number of benzene rings is 1. The van der Waals surface area contributed by atoms with E-state index < -0.39 is 0 Å². The van der Waals surface area contributed by atoms with Crippen molar-refractivity contribution in [2.24, 2.45) is 5.73 Å². The molecule has 2 N–H and O–H groups in total. The number of rotatable bonds is 9. The van der Waals surface area contributed by atoms with Crippen LogP contribution in [0, 0.1) is 0 Å². The van der Waals surface area contributed by atoms with E-state index in [0.717, 1.165) is 30.8 Å². The normalized spacial score (nSPS) is 10.6. The first-order valence-corrected chi connectivity index (χ1v) is 7.62. The predicted molar refractivity (Wildman–Crippen MR) is 77.3 cm³/mol. The highest BCUT2D eigenvalue weighted by atomic mass is 32.2. The van der Waals surface area contributed by atoms with Crippen LogP contribution in [0.1, 0.15) is 25.3 Å². The Hall–Kier alpha value is -0.710. The van der Waals surface area contributed by atoms with Crippen LogP contribution in [0.4, 0.5) is 0 Å². The van der Waals surface area contributed by atoms with Gasteiger partial charge in [-0.2, -0.15) is 0 Å². The van der Waals surface area contributed by atoms with Crippen LogP contribution in [-0.2, 0) is 11.3 Å². The van der Waals surface area contributed by atoms with E-state index in [4.69, 9.17) is 15.2 Å². The van der Waals surface area contributed by atoms with E-state index in [2.05, 4.69) is 13.0 Å². The second kappa shape index (κ2) is 9.25. The molecule has 1 aromatic rings. The Kier molecular flexibility index (Phi) is 7.89. The molecule has 1 rings (SSSR count). The fourth-order valence-electron chi connectivity index (χ4n) is 1.63. The fraction of sp³-hybridized carbons (Fsp3) is 0.571. The number of hydrogen-bond acceptors (Lipinski definition) is 4. The molecule has 3 nitrogen and oxygen atoms in total. The van der Waals surface area contributed by atoms with Crippen molar-refractivity contribution in [1.29, 1.82) is 0 Å². The van der Waals surface area contributed by atoms with Crippen molar-refractivity contribution in [1.82, 2.24) is 0 Å². The molecule has 0 bridgehead atoms. The van der Waals surface area contributed by atoms with Crippen molar-refractivity contribution in [3.63, 3.8) is 0 Å². The maximum absolute atomic E-state index is 5.77. The van der Waals surface area contributed by atoms with Gasteiger partial charge in [-0.1, -0.05) is 19.4 Å². The lowest BCUT2D eigenvalue weighted by atomic mass is 10.2. The van der Waals surface area contributed by atoms with Gasteiger partial charge in [-0.3, -0.25) is 0 Å².